The van der Waals surface area contributed by atoms with Crippen LogP contribution in [0.3, 0.4) is 0 Å². The van der Waals surface area contributed by atoms with Gasteiger partial charge >= 0.3 is 5.97 Å². The van der Waals surface area contributed by atoms with E-state index in [-0.39, 0.29) is 12.6 Å². The van der Waals surface area contributed by atoms with Gasteiger partial charge in [0, 0.05) is 6.61 Å². The van der Waals surface area contributed by atoms with Crippen molar-refractivity contribution in [2.45, 2.75) is 38.7 Å². The van der Waals surface area contributed by atoms with E-state index in [4.69, 9.17) is 9.47 Å². The van der Waals surface area contributed by atoms with Crippen LogP contribution in [0.4, 0.5) is 0 Å². The van der Waals surface area contributed by atoms with Crippen LogP contribution in [0.1, 0.15) is 33.1 Å². The summed E-state index contributed by atoms with van der Waals surface area (Å²) in [5.41, 5.74) is -1.96. The third kappa shape index (κ3) is 2.01. The van der Waals surface area contributed by atoms with Gasteiger partial charge in [-0.3, -0.25) is 4.79 Å². The Morgan fingerprint density at radius 3 is 2.73 bits per heavy atom. The van der Waals surface area contributed by atoms with Crippen LogP contribution in [0, 0.1) is 5.41 Å². The molecule has 2 unspecified atom stereocenters. The lowest BCUT2D eigenvalue weighted by Crippen LogP contribution is -2.56. The van der Waals surface area contributed by atoms with E-state index in [1.165, 1.54) is 7.11 Å². The van der Waals surface area contributed by atoms with Crippen LogP contribution in [0.15, 0.2) is 0 Å². The van der Waals surface area contributed by atoms with Crippen molar-refractivity contribution in [2.75, 3.05) is 20.3 Å². The predicted octanol–water partition coefficient (Wildman–Crippen LogP) is 1.12. The number of ether oxygens (including phenoxy) is 2. The van der Waals surface area contributed by atoms with Crippen molar-refractivity contribution in [1.29, 1.82) is 0 Å². The summed E-state index contributed by atoms with van der Waals surface area (Å²) < 4.78 is 10.0. The topological polar surface area (TPSA) is 55.8 Å². The minimum Gasteiger partial charge on any atom is -0.469 e. The molecule has 1 heterocycles. The molecule has 1 aliphatic rings. The van der Waals surface area contributed by atoms with Gasteiger partial charge in [0.25, 0.3) is 0 Å². The highest BCUT2D eigenvalue weighted by atomic mass is 16.5. The number of rotatable bonds is 3. The zero-order valence-corrected chi connectivity index (χ0v) is 9.71. The van der Waals surface area contributed by atoms with Gasteiger partial charge in [0.15, 0.2) is 0 Å². The number of carbonyl (C=O) groups excluding carboxylic acids is 1. The summed E-state index contributed by atoms with van der Waals surface area (Å²) in [7, 11) is 1.35. The summed E-state index contributed by atoms with van der Waals surface area (Å²) in [6.07, 6.45) is 1.91. The molecule has 0 saturated carbocycles. The number of hydrogen-bond acceptors (Lipinski definition) is 4. The molecule has 0 aliphatic carbocycles. The highest BCUT2D eigenvalue weighted by Gasteiger charge is 2.52. The molecule has 1 rings (SSSR count). The Labute approximate surface area is 90.6 Å². The molecule has 1 N–H and O–H groups in total. The molecule has 88 valence electrons. The Kier molecular flexibility index (Phi) is 3.73. The molecule has 1 aliphatic heterocycles. The first-order valence-corrected chi connectivity index (χ1v) is 5.39. The Morgan fingerprint density at radius 2 is 2.33 bits per heavy atom. The first-order valence-electron chi connectivity index (χ1n) is 5.39. The molecule has 0 aromatic carbocycles. The molecular formula is C11H20O4. The summed E-state index contributed by atoms with van der Waals surface area (Å²) in [6, 6.07) is 0. The first kappa shape index (κ1) is 12.5. The fraction of sp³-hybridized carbons (Fsp3) is 0.909. The standard InChI is InChI=1S/C11H20O4/c1-4-10(2,9(12)14-3)11(13)6-5-7-15-8-11/h13H,4-8H2,1-3H3. The van der Waals surface area contributed by atoms with E-state index in [0.29, 0.717) is 19.4 Å². The molecule has 1 fully saturated rings. The summed E-state index contributed by atoms with van der Waals surface area (Å²) >= 11 is 0. The smallest absolute Gasteiger partial charge is 0.314 e. The summed E-state index contributed by atoms with van der Waals surface area (Å²) in [6.45, 7) is 4.49. The van der Waals surface area contributed by atoms with Crippen molar-refractivity contribution >= 4 is 5.97 Å². The first-order chi connectivity index (χ1) is 7.00. The third-order valence-corrected chi connectivity index (χ3v) is 3.59. The molecule has 1 saturated heterocycles. The third-order valence-electron chi connectivity index (χ3n) is 3.59. The second kappa shape index (κ2) is 4.49. The van der Waals surface area contributed by atoms with Crippen molar-refractivity contribution in [1.82, 2.24) is 0 Å². The lowest BCUT2D eigenvalue weighted by Gasteiger charge is -2.44. The van der Waals surface area contributed by atoms with Gasteiger partial charge in [0.05, 0.1) is 19.1 Å². The van der Waals surface area contributed by atoms with Crippen molar-refractivity contribution in [3.05, 3.63) is 0 Å². The van der Waals surface area contributed by atoms with Crippen LogP contribution in [0.2, 0.25) is 0 Å². The van der Waals surface area contributed by atoms with Crippen LogP contribution < -0.4 is 0 Å². The van der Waals surface area contributed by atoms with E-state index >= 15 is 0 Å². The summed E-state index contributed by atoms with van der Waals surface area (Å²) in [5.74, 6) is -0.363. The maximum atomic E-state index is 11.7. The molecule has 0 aromatic rings. The largest absolute Gasteiger partial charge is 0.469 e. The molecule has 0 amide bonds. The molecule has 4 nitrogen and oxygen atoms in total. The van der Waals surface area contributed by atoms with Gasteiger partial charge < -0.3 is 14.6 Å². The van der Waals surface area contributed by atoms with Crippen molar-refractivity contribution in [3.63, 3.8) is 0 Å². The van der Waals surface area contributed by atoms with Gasteiger partial charge in [-0.15, -0.1) is 0 Å². The van der Waals surface area contributed by atoms with Crippen molar-refractivity contribution in [3.8, 4) is 0 Å². The van der Waals surface area contributed by atoms with E-state index in [1.54, 1.807) is 6.92 Å². The highest BCUT2D eigenvalue weighted by molar-refractivity contribution is 5.77. The summed E-state index contributed by atoms with van der Waals surface area (Å²) in [5, 5.41) is 10.5. The van der Waals surface area contributed by atoms with Gasteiger partial charge in [-0.2, -0.15) is 0 Å². The van der Waals surface area contributed by atoms with Crippen molar-refractivity contribution < 1.29 is 19.4 Å². The monoisotopic (exact) mass is 216 g/mol. The number of hydrogen-bond donors (Lipinski definition) is 1. The van der Waals surface area contributed by atoms with Crippen LogP contribution in [-0.4, -0.2) is 37.0 Å². The Morgan fingerprint density at radius 1 is 1.67 bits per heavy atom. The van der Waals surface area contributed by atoms with Crippen LogP contribution in [0.25, 0.3) is 0 Å². The SMILES string of the molecule is CCC(C)(C(=O)OC)C1(O)CCCOC1. The lowest BCUT2D eigenvalue weighted by atomic mass is 9.69. The maximum absolute atomic E-state index is 11.7. The van der Waals surface area contributed by atoms with Gasteiger partial charge in [-0.25, -0.2) is 0 Å². The molecule has 2 atom stereocenters. The van der Waals surface area contributed by atoms with E-state index in [2.05, 4.69) is 0 Å². The van der Waals surface area contributed by atoms with Gasteiger partial charge in [0.1, 0.15) is 5.60 Å². The maximum Gasteiger partial charge on any atom is 0.314 e. The molecule has 4 heteroatoms. The second-order valence-electron chi connectivity index (χ2n) is 4.36. The van der Waals surface area contributed by atoms with Gasteiger partial charge in [-0.05, 0) is 26.2 Å². The fourth-order valence-electron chi connectivity index (χ4n) is 2.10. The molecule has 15 heavy (non-hydrogen) atoms. The quantitative estimate of drug-likeness (QED) is 0.718. The Balaban J connectivity index is 2.92. The minimum atomic E-state index is -1.09. The molecule has 0 aromatic heterocycles. The number of esters is 1. The highest BCUT2D eigenvalue weighted by Crippen LogP contribution is 2.41. The average Bonchev–Trinajstić information content (AvgIpc) is 2.27. The zero-order chi connectivity index (χ0) is 11.5. The predicted molar refractivity (Wildman–Crippen MR) is 55.4 cm³/mol. The fourth-order valence-corrected chi connectivity index (χ4v) is 2.10. The lowest BCUT2D eigenvalue weighted by molar-refractivity contribution is -0.191. The Hall–Kier alpha value is -0.610. The van der Waals surface area contributed by atoms with Crippen LogP contribution in [0.5, 0.6) is 0 Å². The second-order valence-corrected chi connectivity index (χ2v) is 4.36. The molecule has 0 bridgehead atoms. The number of methoxy groups -OCH3 is 1. The average molecular weight is 216 g/mol. The molecular weight excluding hydrogens is 196 g/mol. The van der Waals surface area contributed by atoms with E-state index in [0.717, 1.165) is 6.42 Å². The zero-order valence-electron chi connectivity index (χ0n) is 9.71. The number of carbonyl (C=O) groups is 1. The minimum absolute atomic E-state index is 0.215. The Bertz CT molecular complexity index is 233. The van der Waals surface area contributed by atoms with E-state index in [1.807, 2.05) is 6.92 Å². The van der Waals surface area contributed by atoms with Crippen LogP contribution >= 0.6 is 0 Å². The normalized spacial score (nSPS) is 30.7. The van der Waals surface area contributed by atoms with E-state index < -0.39 is 11.0 Å². The van der Waals surface area contributed by atoms with Gasteiger partial charge in [0.2, 0.25) is 0 Å². The molecule has 0 radical (unpaired) electrons. The number of aliphatic hydroxyl groups is 1. The van der Waals surface area contributed by atoms with Crippen molar-refractivity contribution in [2.24, 2.45) is 5.41 Å². The molecule has 0 spiro atoms. The van der Waals surface area contributed by atoms with Gasteiger partial charge in [-0.1, -0.05) is 6.92 Å². The van der Waals surface area contributed by atoms with Crippen LogP contribution in [-0.2, 0) is 14.3 Å². The van der Waals surface area contributed by atoms with E-state index in [9.17, 15) is 9.90 Å². The summed E-state index contributed by atoms with van der Waals surface area (Å²) in [4.78, 5) is 11.7.